The second-order valence-corrected chi connectivity index (χ2v) is 4.84. The van der Waals surface area contributed by atoms with E-state index in [1.54, 1.807) is 13.2 Å². The Bertz CT molecular complexity index is 630. The van der Waals surface area contributed by atoms with Crippen molar-refractivity contribution in [3.63, 3.8) is 0 Å². The van der Waals surface area contributed by atoms with Crippen molar-refractivity contribution in [2.45, 2.75) is 20.8 Å². The van der Waals surface area contributed by atoms with E-state index >= 15 is 0 Å². The van der Waals surface area contributed by atoms with E-state index in [0.29, 0.717) is 5.56 Å². The van der Waals surface area contributed by atoms with Crippen molar-refractivity contribution in [1.29, 1.82) is 0 Å². The molecule has 4 nitrogen and oxygen atoms in total. The maximum Gasteiger partial charge on any atom is 0.259 e. The fourth-order valence-electron chi connectivity index (χ4n) is 2.14. The molecular weight excluding hydrogens is 250 g/mol. The van der Waals surface area contributed by atoms with Gasteiger partial charge in [-0.3, -0.25) is 9.78 Å². The van der Waals surface area contributed by atoms with E-state index in [9.17, 15) is 4.79 Å². The van der Waals surface area contributed by atoms with E-state index in [2.05, 4.69) is 15.6 Å². The third-order valence-corrected chi connectivity index (χ3v) is 3.27. The number of nitrogens with one attached hydrogen (secondary N) is 2. The maximum absolute atomic E-state index is 12.4. The van der Waals surface area contributed by atoms with Crippen LogP contribution in [0, 0.1) is 20.8 Å². The fourth-order valence-corrected chi connectivity index (χ4v) is 2.14. The highest BCUT2D eigenvalue weighted by molar-refractivity contribution is 6.08. The van der Waals surface area contributed by atoms with Gasteiger partial charge in [0.25, 0.3) is 5.91 Å². The van der Waals surface area contributed by atoms with Crippen molar-refractivity contribution in [2.24, 2.45) is 0 Å². The lowest BCUT2D eigenvalue weighted by atomic mass is 10.1. The van der Waals surface area contributed by atoms with Gasteiger partial charge in [-0.2, -0.15) is 0 Å². The lowest BCUT2D eigenvalue weighted by molar-refractivity contribution is 0.102. The number of aryl methyl sites for hydroxylation is 3. The lowest BCUT2D eigenvalue weighted by Crippen LogP contribution is -2.16. The van der Waals surface area contributed by atoms with Crippen LogP contribution in [0.1, 0.15) is 27.2 Å². The smallest absolute Gasteiger partial charge is 0.259 e. The minimum atomic E-state index is -0.153. The van der Waals surface area contributed by atoms with Gasteiger partial charge >= 0.3 is 0 Å². The summed E-state index contributed by atoms with van der Waals surface area (Å²) in [6.45, 7) is 5.86. The Morgan fingerprint density at radius 3 is 2.40 bits per heavy atom. The van der Waals surface area contributed by atoms with Gasteiger partial charge in [0.15, 0.2) is 0 Å². The first-order valence-electron chi connectivity index (χ1n) is 6.55. The molecule has 2 N–H and O–H groups in total. The molecule has 0 saturated carbocycles. The molecule has 0 unspecified atom stereocenters. The number of aromatic nitrogens is 1. The molecule has 104 valence electrons. The molecule has 1 aromatic carbocycles. The topological polar surface area (TPSA) is 54.0 Å². The van der Waals surface area contributed by atoms with Crippen LogP contribution in [0.5, 0.6) is 0 Å². The molecule has 0 saturated heterocycles. The van der Waals surface area contributed by atoms with Crippen LogP contribution in [-0.2, 0) is 0 Å². The molecule has 20 heavy (non-hydrogen) atoms. The van der Waals surface area contributed by atoms with Crippen molar-refractivity contribution in [1.82, 2.24) is 4.98 Å². The molecule has 4 heteroatoms. The lowest BCUT2D eigenvalue weighted by Gasteiger charge is -2.13. The largest absolute Gasteiger partial charge is 0.387 e. The number of carbonyl (C=O) groups is 1. The molecule has 0 aliphatic carbocycles. The van der Waals surface area contributed by atoms with Gasteiger partial charge in [-0.1, -0.05) is 18.2 Å². The van der Waals surface area contributed by atoms with Crippen LogP contribution in [-0.4, -0.2) is 17.9 Å². The number of nitrogens with zero attached hydrogens (tertiary/aromatic N) is 1. The highest BCUT2D eigenvalue weighted by atomic mass is 16.1. The highest BCUT2D eigenvalue weighted by Gasteiger charge is 2.13. The van der Waals surface area contributed by atoms with Crippen LogP contribution in [0.2, 0.25) is 0 Å². The first kappa shape index (κ1) is 14.1. The molecule has 0 atom stereocenters. The van der Waals surface area contributed by atoms with Gasteiger partial charge in [-0.15, -0.1) is 0 Å². The van der Waals surface area contributed by atoms with Crippen LogP contribution in [0.4, 0.5) is 11.4 Å². The Kier molecular flexibility index (Phi) is 4.03. The molecular formula is C16H19N3O. The zero-order chi connectivity index (χ0) is 14.7. The summed E-state index contributed by atoms with van der Waals surface area (Å²) in [5.74, 6) is -0.153. The second kappa shape index (κ2) is 5.74. The summed E-state index contributed by atoms with van der Waals surface area (Å²) in [5, 5.41) is 6.00. The first-order valence-corrected chi connectivity index (χ1v) is 6.55. The summed E-state index contributed by atoms with van der Waals surface area (Å²) in [6, 6.07) is 7.80. The van der Waals surface area contributed by atoms with Crippen LogP contribution in [0.15, 0.2) is 30.5 Å². The summed E-state index contributed by atoms with van der Waals surface area (Å²) in [4.78, 5) is 16.6. The fraction of sp³-hybridized carbons (Fsp3) is 0.250. The molecule has 1 heterocycles. The molecule has 0 aliphatic rings. The number of carbonyl (C=O) groups excluding carboxylic acids is 1. The van der Waals surface area contributed by atoms with Crippen molar-refractivity contribution >= 4 is 17.3 Å². The Hall–Kier alpha value is -2.36. The molecule has 1 aromatic heterocycles. The quantitative estimate of drug-likeness (QED) is 0.899. The highest BCUT2D eigenvalue weighted by Crippen LogP contribution is 2.22. The Labute approximate surface area is 119 Å². The molecule has 2 rings (SSSR count). The summed E-state index contributed by atoms with van der Waals surface area (Å²) < 4.78 is 0. The van der Waals surface area contributed by atoms with Crippen molar-refractivity contribution < 1.29 is 4.79 Å². The van der Waals surface area contributed by atoms with E-state index in [1.165, 1.54) is 0 Å². The summed E-state index contributed by atoms with van der Waals surface area (Å²) in [7, 11) is 1.80. The predicted octanol–water partition coefficient (Wildman–Crippen LogP) is 3.30. The number of hydrogen-bond donors (Lipinski definition) is 2. The van der Waals surface area contributed by atoms with Crippen molar-refractivity contribution in [3.05, 3.63) is 52.8 Å². The van der Waals surface area contributed by atoms with Gasteiger partial charge in [0, 0.05) is 24.6 Å². The number of hydrogen-bond acceptors (Lipinski definition) is 3. The van der Waals surface area contributed by atoms with Gasteiger partial charge in [0.05, 0.1) is 11.3 Å². The van der Waals surface area contributed by atoms with Crippen molar-refractivity contribution in [2.75, 3.05) is 17.7 Å². The Morgan fingerprint density at radius 2 is 1.80 bits per heavy atom. The van der Waals surface area contributed by atoms with Gasteiger partial charge in [0.2, 0.25) is 0 Å². The standard InChI is InChI=1S/C16H19N3O/c1-10-6-5-7-11(2)15(10)19-16(20)13-9-18-12(3)8-14(13)17-4/h5-9H,1-4H3,(H,17,18)(H,19,20). The maximum atomic E-state index is 12.4. The van der Waals surface area contributed by atoms with Crippen LogP contribution >= 0.6 is 0 Å². The monoisotopic (exact) mass is 269 g/mol. The summed E-state index contributed by atoms with van der Waals surface area (Å²) in [6.07, 6.45) is 1.60. The van der Waals surface area contributed by atoms with E-state index in [-0.39, 0.29) is 5.91 Å². The average molecular weight is 269 g/mol. The third-order valence-electron chi connectivity index (χ3n) is 3.27. The molecule has 2 aromatic rings. The van der Waals surface area contributed by atoms with Gasteiger partial charge in [-0.25, -0.2) is 0 Å². The molecule has 0 aliphatic heterocycles. The average Bonchev–Trinajstić information content (AvgIpc) is 2.42. The van der Waals surface area contributed by atoms with E-state index in [1.807, 2.05) is 45.0 Å². The summed E-state index contributed by atoms with van der Waals surface area (Å²) in [5.41, 5.74) is 5.15. The van der Waals surface area contributed by atoms with Crippen LogP contribution < -0.4 is 10.6 Å². The molecule has 0 fully saturated rings. The number of benzene rings is 1. The Morgan fingerprint density at radius 1 is 1.15 bits per heavy atom. The molecule has 0 radical (unpaired) electrons. The zero-order valence-electron chi connectivity index (χ0n) is 12.2. The number of rotatable bonds is 3. The normalized spacial score (nSPS) is 10.2. The van der Waals surface area contributed by atoms with E-state index < -0.39 is 0 Å². The zero-order valence-corrected chi connectivity index (χ0v) is 12.2. The molecule has 0 spiro atoms. The molecule has 1 amide bonds. The number of para-hydroxylation sites is 1. The van der Waals surface area contributed by atoms with Gasteiger partial charge < -0.3 is 10.6 Å². The third kappa shape index (κ3) is 2.79. The Balaban J connectivity index is 2.33. The number of anilines is 2. The first-order chi connectivity index (χ1) is 9.52. The number of pyridine rings is 1. The van der Waals surface area contributed by atoms with Crippen LogP contribution in [0.3, 0.4) is 0 Å². The van der Waals surface area contributed by atoms with Gasteiger partial charge in [-0.05, 0) is 38.0 Å². The van der Waals surface area contributed by atoms with Crippen LogP contribution in [0.25, 0.3) is 0 Å². The minimum Gasteiger partial charge on any atom is -0.387 e. The minimum absolute atomic E-state index is 0.153. The van der Waals surface area contributed by atoms with E-state index in [4.69, 9.17) is 0 Å². The van der Waals surface area contributed by atoms with E-state index in [0.717, 1.165) is 28.2 Å². The van der Waals surface area contributed by atoms with Crippen molar-refractivity contribution in [3.8, 4) is 0 Å². The van der Waals surface area contributed by atoms with Gasteiger partial charge in [0.1, 0.15) is 0 Å². The molecule has 0 bridgehead atoms. The summed E-state index contributed by atoms with van der Waals surface area (Å²) >= 11 is 0. The predicted molar refractivity (Wildman–Crippen MR) is 82.4 cm³/mol. The second-order valence-electron chi connectivity index (χ2n) is 4.84. The number of amides is 1. The SMILES string of the molecule is CNc1cc(C)ncc1C(=O)Nc1c(C)cccc1C.